The minimum atomic E-state index is 0.491. The van der Waals surface area contributed by atoms with Crippen LogP contribution in [-0.2, 0) is 0 Å². The highest BCUT2D eigenvalue weighted by atomic mass is 16.5. The number of nitrogens with one attached hydrogen (secondary N) is 1. The molecule has 0 bridgehead atoms. The topological polar surface area (TPSA) is 63.2 Å². The van der Waals surface area contributed by atoms with Crippen molar-refractivity contribution in [2.45, 2.75) is 26.7 Å². The fourth-order valence-corrected chi connectivity index (χ4v) is 2.78. The average Bonchev–Trinajstić information content (AvgIpc) is 2.56. The molecule has 6 nitrogen and oxygen atoms in total. The van der Waals surface area contributed by atoms with Crippen LogP contribution >= 0.6 is 0 Å². The van der Waals surface area contributed by atoms with Crippen molar-refractivity contribution in [1.82, 2.24) is 15.2 Å². The van der Waals surface area contributed by atoms with E-state index in [9.17, 15) is 0 Å². The van der Waals surface area contributed by atoms with Gasteiger partial charge in [0.05, 0.1) is 19.0 Å². The standard InChI is InChI=1S/C17H23N5O/c1-12-6-8-22(9-7-12)16-11-18-21-17(20-16)19-14-10-13(2)4-5-15(14)23-3/h4-5,10-12H,6-9H2,1-3H3,(H,19,20,21). The van der Waals surface area contributed by atoms with Gasteiger partial charge in [-0.3, -0.25) is 0 Å². The molecule has 1 aromatic carbocycles. The zero-order chi connectivity index (χ0) is 16.2. The van der Waals surface area contributed by atoms with Gasteiger partial charge in [0.1, 0.15) is 5.75 Å². The van der Waals surface area contributed by atoms with Crippen LogP contribution in [0.15, 0.2) is 24.4 Å². The van der Waals surface area contributed by atoms with E-state index in [1.165, 1.54) is 12.8 Å². The summed E-state index contributed by atoms with van der Waals surface area (Å²) in [6, 6.07) is 5.95. The lowest BCUT2D eigenvalue weighted by atomic mass is 9.99. The zero-order valence-corrected chi connectivity index (χ0v) is 13.9. The molecule has 0 amide bonds. The molecule has 23 heavy (non-hydrogen) atoms. The van der Waals surface area contributed by atoms with Crippen molar-refractivity contribution < 1.29 is 4.74 Å². The first kappa shape index (κ1) is 15.5. The van der Waals surface area contributed by atoms with E-state index in [-0.39, 0.29) is 0 Å². The minimum absolute atomic E-state index is 0.491. The molecule has 1 aliphatic heterocycles. The molecule has 0 aliphatic carbocycles. The maximum absolute atomic E-state index is 5.38. The van der Waals surface area contributed by atoms with Gasteiger partial charge in [0.2, 0.25) is 5.95 Å². The SMILES string of the molecule is COc1ccc(C)cc1Nc1nncc(N2CCC(C)CC2)n1. The van der Waals surface area contributed by atoms with E-state index in [1.54, 1.807) is 13.3 Å². The van der Waals surface area contributed by atoms with E-state index in [2.05, 4.69) is 32.3 Å². The number of ether oxygens (including phenoxy) is 1. The van der Waals surface area contributed by atoms with Crippen LogP contribution in [0.1, 0.15) is 25.3 Å². The quantitative estimate of drug-likeness (QED) is 0.935. The third-order valence-electron chi connectivity index (χ3n) is 4.26. The van der Waals surface area contributed by atoms with E-state index in [0.717, 1.165) is 41.8 Å². The molecule has 2 heterocycles. The average molecular weight is 313 g/mol. The largest absolute Gasteiger partial charge is 0.495 e. The summed E-state index contributed by atoms with van der Waals surface area (Å²) in [7, 11) is 1.65. The van der Waals surface area contributed by atoms with E-state index in [4.69, 9.17) is 4.74 Å². The molecule has 1 aromatic heterocycles. The lowest BCUT2D eigenvalue weighted by Gasteiger charge is -2.30. The van der Waals surface area contributed by atoms with Gasteiger partial charge in [-0.2, -0.15) is 10.1 Å². The van der Waals surface area contributed by atoms with E-state index >= 15 is 0 Å². The van der Waals surface area contributed by atoms with Crippen LogP contribution in [-0.4, -0.2) is 35.4 Å². The molecule has 1 saturated heterocycles. The second-order valence-electron chi connectivity index (χ2n) is 6.14. The molecule has 1 N–H and O–H groups in total. The Labute approximate surface area is 136 Å². The summed E-state index contributed by atoms with van der Waals surface area (Å²) in [5.74, 6) is 2.91. The number of hydrogen-bond donors (Lipinski definition) is 1. The number of benzene rings is 1. The van der Waals surface area contributed by atoms with Gasteiger partial charge < -0.3 is 15.0 Å². The highest BCUT2D eigenvalue weighted by Crippen LogP contribution is 2.28. The van der Waals surface area contributed by atoms with Gasteiger partial charge in [0, 0.05) is 13.1 Å². The second kappa shape index (κ2) is 6.81. The Morgan fingerprint density at radius 3 is 2.78 bits per heavy atom. The van der Waals surface area contributed by atoms with Gasteiger partial charge in [0.15, 0.2) is 5.82 Å². The van der Waals surface area contributed by atoms with Crippen LogP contribution in [0.5, 0.6) is 5.75 Å². The van der Waals surface area contributed by atoms with Crippen molar-refractivity contribution in [3.8, 4) is 5.75 Å². The Bertz CT molecular complexity index is 668. The summed E-state index contributed by atoms with van der Waals surface area (Å²) in [6.45, 7) is 6.38. The Balaban J connectivity index is 1.79. The normalized spacial score (nSPS) is 15.5. The van der Waals surface area contributed by atoms with Crippen LogP contribution in [0.25, 0.3) is 0 Å². The fraction of sp³-hybridized carbons (Fsp3) is 0.471. The monoisotopic (exact) mass is 313 g/mol. The van der Waals surface area contributed by atoms with Gasteiger partial charge in [-0.15, -0.1) is 5.10 Å². The van der Waals surface area contributed by atoms with Crippen LogP contribution in [0.2, 0.25) is 0 Å². The third kappa shape index (κ3) is 3.70. The Kier molecular flexibility index (Phi) is 4.60. The predicted molar refractivity (Wildman–Crippen MR) is 91.5 cm³/mol. The van der Waals surface area contributed by atoms with Crippen LogP contribution < -0.4 is 15.0 Å². The molecule has 0 saturated carbocycles. The Morgan fingerprint density at radius 2 is 2.04 bits per heavy atom. The molecule has 0 unspecified atom stereocenters. The lowest BCUT2D eigenvalue weighted by Crippen LogP contribution is -2.33. The molecule has 1 aliphatic rings. The summed E-state index contributed by atoms with van der Waals surface area (Å²) in [4.78, 5) is 6.88. The third-order valence-corrected chi connectivity index (χ3v) is 4.26. The van der Waals surface area contributed by atoms with Crippen molar-refractivity contribution in [2.24, 2.45) is 5.92 Å². The first-order valence-corrected chi connectivity index (χ1v) is 8.02. The smallest absolute Gasteiger partial charge is 0.249 e. The molecule has 0 spiro atoms. The van der Waals surface area contributed by atoms with E-state index in [1.807, 2.05) is 25.1 Å². The number of piperidine rings is 1. The molecule has 0 radical (unpaired) electrons. The van der Waals surface area contributed by atoms with Crippen molar-refractivity contribution in [3.63, 3.8) is 0 Å². The van der Waals surface area contributed by atoms with Crippen molar-refractivity contribution >= 4 is 17.5 Å². The number of aromatic nitrogens is 3. The Hall–Kier alpha value is -2.37. The second-order valence-corrected chi connectivity index (χ2v) is 6.14. The van der Waals surface area contributed by atoms with Gasteiger partial charge in [-0.05, 0) is 43.4 Å². The van der Waals surface area contributed by atoms with Gasteiger partial charge >= 0.3 is 0 Å². The molecule has 122 valence electrons. The number of hydrogen-bond acceptors (Lipinski definition) is 6. The number of rotatable bonds is 4. The summed E-state index contributed by atoms with van der Waals surface area (Å²) in [5.41, 5.74) is 1.99. The number of anilines is 3. The van der Waals surface area contributed by atoms with Gasteiger partial charge in [-0.1, -0.05) is 13.0 Å². The molecular weight excluding hydrogens is 290 g/mol. The highest BCUT2D eigenvalue weighted by molar-refractivity contribution is 5.64. The molecular formula is C17H23N5O. The lowest BCUT2D eigenvalue weighted by molar-refractivity contribution is 0.416. The molecule has 2 aromatic rings. The molecule has 0 atom stereocenters. The molecule has 1 fully saturated rings. The predicted octanol–water partition coefficient (Wildman–Crippen LogP) is 3.17. The molecule has 3 rings (SSSR count). The maximum Gasteiger partial charge on any atom is 0.249 e. The number of nitrogens with zero attached hydrogens (tertiary/aromatic N) is 4. The van der Waals surface area contributed by atoms with Gasteiger partial charge in [0.25, 0.3) is 0 Å². The van der Waals surface area contributed by atoms with Crippen molar-refractivity contribution in [1.29, 1.82) is 0 Å². The van der Waals surface area contributed by atoms with Gasteiger partial charge in [-0.25, -0.2) is 0 Å². The van der Waals surface area contributed by atoms with Crippen LogP contribution in [0.4, 0.5) is 17.5 Å². The fourth-order valence-electron chi connectivity index (χ4n) is 2.78. The summed E-state index contributed by atoms with van der Waals surface area (Å²) in [5, 5.41) is 11.4. The van der Waals surface area contributed by atoms with Crippen LogP contribution in [0, 0.1) is 12.8 Å². The summed E-state index contributed by atoms with van der Waals surface area (Å²) < 4.78 is 5.38. The van der Waals surface area contributed by atoms with Crippen molar-refractivity contribution in [2.75, 3.05) is 30.4 Å². The van der Waals surface area contributed by atoms with Crippen LogP contribution in [0.3, 0.4) is 0 Å². The zero-order valence-electron chi connectivity index (χ0n) is 13.9. The number of aryl methyl sites for hydroxylation is 1. The molecule has 6 heteroatoms. The Morgan fingerprint density at radius 1 is 1.26 bits per heavy atom. The highest BCUT2D eigenvalue weighted by Gasteiger charge is 2.18. The van der Waals surface area contributed by atoms with E-state index < -0.39 is 0 Å². The summed E-state index contributed by atoms with van der Waals surface area (Å²) >= 11 is 0. The van der Waals surface area contributed by atoms with Crippen molar-refractivity contribution in [3.05, 3.63) is 30.0 Å². The maximum atomic E-state index is 5.38. The van der Waals surface area contributed by atoms with E-state index in [0.29, 0.717) is 5.95 Å². The first-order chi connectivity index (χ1) is 11.2. The summed E-state index contributed by atoms with van der Waals surface area (Å²) in [6.07, 6.45) is 4.12. The first-order valence-electron chi connectivity index (χ1n) is 8.02. The number of methoxy groups -OCH3 is 1. The minimum Gasteiger partial charge on any atom is -0.495 e.